The van der Waals surface area contributed by atoms with E-state index in [0.29, 0.717) is 19.3 Å². The number of hydrogen-bond donors (Lipinski definition) is 2. The van der Waals surface area contributed by atoms with Crippen LogP contribution in [0, 0.1) is 10.8 Å². The number of carbonyl (C=O) groups excluding carboxylic acids is 3. The molecule has 1 rings (SSSR count). The minimum atomic E-state index is -0.787. The van der Waals surface area contributed by atoms with Crippen LogP contribution in [-0.4, -0.2) is 60.7 Å². The van der Waals surface area contributed by atoms with Crippen molar-refractivity contribution in [3.63, 3.8) is 0 Å². The van der Waals surface area contributed by atoms with E-state index in [2.05, 4.69) is 5.32 Å². The first-order valence-electron chi connectivity index (χ1n) is 8.82. The third-order valence-corrected chi connectivity index (χ3v) is 6.36. The van der Waals surface area contributed by atoms with E-state index < -0.39 is 22.9 Å². The third kappa shape index (κ3) is 4.37. The van der Waals surface area contributed by atoms with E-state index in [1.54, 1.807) is 37.7 Å². The zero-order valence-corrected chi connectivity index (χ0v) is 17.2. The number of ketones is 1. The molecule has 0 bridgehead atoms. The minimum absolute atomic E-state index is 0.0314. The number of nitrogens with one attached hydrogen (secondary N) is 1. The van der Waals surface area contributed by atoms with Crippen molar-refractivity contribution in [2.75, 3.05) is 26.1 Å². The standard InChI is InChI=1S/C18H33N3O3S/c1-12(20-15(23)13(19)8-11-25-6)14(22)17(2)9-7-10-18(17,3)16(24)21(4)5/h12-13H,7-11,19H2,1-6H3,(H,20,23)/t12-,13+,17?,18?/m1/s1. The highest BCUT2D eigenvalue weighted by molar-refractivity contribution is 7.98. The molecule has 25 heavy (non-hydrogen) atoms. The van der Waals surface area contributed by atoms with Gasteiger partial charge >= 0.3 is 0 Å². The maximum Gasteiger partial charge on any atom is 0.237 e. The first-order valence-corrected chi connectivity index (χ1v) is 10.2. The topological polar surface area (TPSA) is 92.5 Å². The van der Waals surface area contributed by atoms with Crippen LogP contribution >= 0.6 is 11.8 Å². The fourth-order valence-corrected chi connectivity index (χ4v) is 4.31. The van der Waals surface area contributed by atoms with E-state index >= 15 is 0 Å². The molecule has 1 aliphatic rings. The summed E-state index contributed by atoms with van der Waals surface area (Å²) in [5, 5.41) is 2.75. The summed E-state index contributed by atoms with van der Waals surface area (Å²) in [7, 11) is 3.43. The van der Waals surface area contributed by atoms with Gasteiger partial charge in [-0.3, -0.25) is 14.4 Å². The molecule has 2 unspecified atom stereocenters. The van der Waals surface area contributed by atoms with Crippen LogP contribution in [0.15, 0.2) is 0 Å². The predicted molar refractivity (Wildman–Crippen MR) is 102 cm³/mol. The van der Waals surface area contributed by atoms with Crippen LogP contribution in [0.4, 0.5) is 0 Å². The molecule has 0 aliphatic heterocycles. The molecule has 6 nitrogen and oxygen atoms in total. The minimum Gasteiger partial charge on any atom is -0.348 e. The molecule has 144 valence electrons. The van der Waals surface area contributed by atoms with Crippen molar-refractivity contribution in [2.24, 2.45) is 16.6 Å². The van der Waals surface area contributed by atoms with Crippen molar-refractivity contribution in [3.05, 3.63) is 0 Å². The fourth-order valence-electron chi connectivity index (χ4n) is 3.82. The number of hydrogen-bond acceptors (Lipinski definition) is 5. The summed E-state index contributed by atoms with van der Waals surface area (Å²) < 4.78 is 0. The Kier molecular flexibility index (Phi) is 7.50. The van der Waals surface area contributed by atoms with E-state index in [9.17, 15) is 14.4 Å². The van der Waals surface area contributed by atoms with Crippen LogP contribution in [0.5, 0.6) is 0 Å². The first kappa shape index (κ1) is 22.0. The summed E-state index contributed by atoms with van der Waals surface area (Å²) in [5.41, 5.74) is 4.35. The lowest BCUT2D eigenvalue weighted by Gasteiger charge is -2.41. The zero-order chi connectivity index (χ0) is 19.4. The molecule has 0 aromatic rings. The number of Topliss-reactive ketones (excluding diaryl/α,β-unsaturated/α-hetero) is 1. The lowest BCUT2D eigenvalue weighted by Crippen LogP contribution is -2.56. The normalized spacial score (nSPS) is 28.3. The largest absolute Gasteiger partial charge is 0.348 e. The Morgan fingerprint density at radius 2 is 1.76 bits per heavy atom. The number of rotatable bonds is 8. The number of thioether (sulfide) groups is 1. The Balaban J connectivity index is 2.89. The molecule has 0 saturated heterocycles. The molecular weight excluding hydrogens is 338 g/mol. The lowest BCUT2D eigenvalue weighted by molar-refractivity contribution is -0.152. The highest BCUT2D eigenvalue weighted by Crippen LogP contribution is 2.54. The molecule has 0 spiro atoms. The summed E-state index contributed by atoms with van der Waals surface area (Å²) in [5.74, 6) is 0.366. The third-order valence-electron chi connectivity index (χ3n) is 5.72. The molecule has 4 atom stereocenters. The summed E-state index contributed by atoms with van der Waals surface area (Å²) in [6.07, 6.45) is 4.69. The van der Waals surface area contributed by atoms with Crippen molar-refractivity contribution in [1.29, 1.82) is 0 Å². The Morgan fingerprint density at radius 1 is 1.20 bits per heavy atom. The van der Waals surface area contributed by atoms with Gasteiger partial charge in [0.25, 0.3) is 0 Å². The maximum absolute atomic E-state index is 13.2. The zero-order valence-electron chi connectivity index (χ0n) is 16.3. The summed E-state index contributed by atoms with van der Waals surface area (Å²) in [6.45, 7) is 5.42. The molecule has 1 aliphatic carbocycles. The van der Waals surface area contributed by atoms with Crippen LogP contribution in [0.1, 0.15) is 46.5 Å². The molecule has 0 aromatic carbocycles. The molecule has 2 amide bonds. The fraction of sp³-hybridized carbons (Fsp3) is 0.833. The van der Waals surface area contributed by atoms with Crippen LogP contribution in [0.3, 0.4) is 0 Å². The summed E-state index contributed by atoms with van der Waals surface area (Å²) in [4.78, 5) is 39.6. The molecule has 1 saturated carbocycles. The van der Waals surface area contributed by atoms with Gasteiger partial charge in [-0.2, -0.15) is 11.8 Å². The molecule has 0 radical (unpaired) electrons. The van der Waals surface area contributed by atoms with E-state index in [1.165, 1.54) is 0 Å². The Labute approximate surface area is 155 Å². The summed E-state index contributed by atoms with van der Waals surface area (Å²) >= 11 is 1.63. The number of amides is 2. The van der Waals surface area contributed by atoms with Gasteiger partial charge in [-0.1, -0.05) is 13.3 Å². The Bertz CT molecular complexity index is 526. The monoisotopic (exact) mass is 371 g/mol. The SMILES string of the molecule is CSCC[C@H](N)C(=O)N[C@H](C)C(=O)C1(C)CCCC1(C)C(=O)N(C)C. The second-order valence-corrected chi connectivity index (χ2v) is 8.69. The summed E-state index contributed by atoms with van der Waals surface area (Å²) in [6, 6.07) is -1.28. The van der Waals surface area contributed by atoms with Crippen LogP contribution in [0.2, 0.25) is 0 Å². The second kappa shape index (κ2) is 8.54. The van der Waals surface area contributed by atoms with Crippen LogP contribution < -0.4 is 11.1 Å². The van der Waals surface area contributed by atoms with Gasteiger partial charge in [0.05, 0.1) is 17.5 Å². The van der Waals surface area contributed by atoms with Crippen molar-refractivity contribution < 1.29 is 14.4 Å². The average molecular weight is 372 g/mol. The van der Waals surface area contributed by atoms with Gasteiger partial charge in [0, 0.05) is 19.5 Å². The van der Waals surface area contributed by atoms with E-state index in [-0.39, 0.29) is 17.6 Å². The first-order chi connectivity index (χ1) is 11.5. The van der Waals surface area contributed by atoms with Gasteiger partial charge in [-0.05, 0) is 45.1 Å². The van der Waals surface area contributed by atoms with Gasteiger partial charge in [0.2, 0.25) is 11.8 Å². The number of carbonyl (C=O) groups is 3. The van der Waals surface area contributed by atoms with Crippen molar-refractivity contribution in [1.82, 2.24) is 10.2 Å². The van der Waals surface area contributed by atoms with Gasteiger partial charge in [0.15, 0.2) is 5.78 Å². The Morgan fingerprint density at radius 3 is 2.28 bits per heavy atom. The van der Waals surface area contributed by atoms with Gasteiger partial charge in [0.1, 0.15) is 0 Å². The molecule has 3 N–H and O–H groups in total. The van der Waals surface area contributed by atoms with Gasteiger partial charge in [-0.15, -0.1) is 0 Å². The smallest absolute Gasteiger partial charge is 0.237 e. The highest BCUT2D eigenvalue weighted by Gasteiger charge is 2.58. The quantitative estimate of drug-likeness (QED) is 0.673. The molecule has 0 aromatic heterocycles. The maximum atomic E-state index is 13.2. The molecule has 0 heterocycles. The highest BCUT2D eigenvalue weighted by atomic mass is 32.2. The number of nitrogens with two attached hydrogens (primary N) is 1. The number of nitrogens with zero attached hydrogens (tertiary/aromatic N) is 1. The predicted octanol–water partition coefficient (Wildman–Crippen LogP) is 1.43. The van der Waals surface area contributed by atoms with Crippen LogP contribution in [0.25, 0.3) is 0 Å². The van der Waals surface area contributed by atoms with Crippen molar-refractivity contribution in [2.45, 2.75) is 58.5 Å². The van der Waals surface area contributed by atoms with E-state index in [4.69, 9.17) is 5.73 Å². The lowest BCUT2D eigenvalue weighted by atomic mass is 9.63. The molecule has 1 fully saturated rings. The average Bonchev–Trinajstić information content (AvgIpc) is 2.87. The molecule has 7 heteroatoms. The second-order valence-electron chi connectivity index (χ2n) is 7.70. The van der Waals surface area contributed by atoms with Crippen LogP contribution in [-0.2, 0) is 14.4 Å². The molecular formula is C18H33N3O3S. The van der Waals surface area contributed by atoms with E-state index in [0.717, 1.165) is 12.2 Å². The van der Waals surface area contributed by atoms with Gasteiger partial charge in [-0.25, -0.2) is 0 Å². The Hall–Kier alpha value is -1.08. The van der Waals surface area contributed by atoms with E-state index in [1.807, 2.05) is 20.1 Å². The van der Waals surface area contributed by atoms with Crippen molar-refractivity contribution >= 4 is 29.4 Å². The van der Waals surface area contributed by atoms with Crippen molar-refractivity contribution in [3.8, 4) is 0 Å². The van der Waals surface area contributed by atoms with Gasteiger partial charge < -0.3 is 16.0 Å².